The number of esters is 1. The summed E-state index contributed by atoms with van der Waals surface area (Å²) in [4.78, 5) is 14.5. The molecule has 0 saturated carbocycles. The Morgan fingerprint density at radius 2 is 2.16 bits per heavy atom. The van der Waals surface area contributed by atoms with Crippen LogP contribution in [0, 0.1) is 5.92 Å². The van der Waals surface area contributed by atoms with E-state index in [0.717, 1.165) is 26.1 Å². The number of hydrogen-bond donors (Lipinski definition) is 1. The average Bonchev–Trinajstić information content (AvgIpc) is 2.82. The van der Waals surface area contributed by atoms with Crippen molar-refractivity contribution >= 4 is 5.97 Å². The Kier molecular flexibility index (Phi) is 7.39. The van der Waals surface area contributed by atoms with Crippen LogP contribution in [0.15, 0.2) is 0 Å². The lowest BCUT2D eigenvalue weighted by Gasteiger charge is -2.30. The zero-order valence-corrected chi connectivity index (χ0v) is 12.9. The van der Waals surface area contributed by atoms with E-state index in [9.17, 15) is 4.79 Å². The summed E-state index contributed by atoms with van der Waals surface area (Å²) in [6.45, 7) is 11.7. The molecule has 2 unspecified atom stereocenters. The van der Waals surface area contributed by atoms with E-state index in [-0.39, 0.29) is 12.0 Å². The maximum absolute atomic E-state index is 12.0. The van der Waals surface area contributed by atoms with Gasteiger partial charge in [0.05, 0.1) is 6.61 Å². The number of likely N-dealkylation sites (tertiary alicyclic amines) is 1. The predicted molar refractivity (Wildman–Crippen MR) is 78.1 cm³/mol. The summed E-state index contributed by atoms with van der Waals surface area (Å²) < 4.78 is 5.18. The Bertz CT molecular complexity index is 269. The van der Waals surface area contributed by atoms with Gasteiger partial charge < -0.3 is 10.1 Å². The largest absolute Gasteiger partial charge is 0.465 e. The molecule has 0 radical (unpaired) electrons. The van der Waals surface area contributed by atoms with Crippen molar-refractivity contribution in [2.45, 2.75) is 59.0 Å². The first kappa shape index (κ1) is 16.4. The highest BCUT2D eigenvalue weighted by atomic mass is 16.5. The normalized spacial score (nSPS) is 21.8. The van der Waals surface area contributed by atoms with E-state index < -0.39 is 0 Å². The van der Waals surface area contributed by atoms with Gasteiger partial charge in [0, 0.05) is 12.6 Å². The fraction of sp³-hybridized carbons (Fsp3) is 0.933. The van der Waals surface area contributed by atoms with Crippen LogP contribution >= 0.6 is 0 Å². The van der Waals surface area contributed by atoms with Crippen molar-refractivity contribution in [3.05, 3.63) is 0 Å². The number of nitrogens with zero attached hydrogens (tertiary/aromatic N) is 1. The first-order chi connectivity index (χ1) is 9.10. The summed E-state index contributed by atoms with van der Waals surface area (Å²) in [5.74, 6) is 0.543. The van der Waals surface area contributed by atoms with Gasteiger partial charge in [0.1, 0.15) is 6.04 Å². The third-order valence-corrected chi connectivity index (χ3v) is 3.81. The van der Waals surface area contributed by atoms with E-state index in [1.165, 1.54) is 12.8 Å². The molecule has 1 fully saturated rings. The van der Waals surface area contributed by atoms with Crippen molar-refractivity contribution in [2.75, 3.05) is 26.2 Å². The molecule has 4 heteroatoms. The quantitative estimate of drug-likeness (QED) is 0.685. The van der Waals surface area contributed by atoms with Gasteiger partial charge in [0.2, 0.25) is 0 Å². The van der Waals surface area contributed by atoms with Crippen LogP contribution in [0.4, 0.5) is 0 Å². The predicted octanol–water partition coefficient (Wildman–Crippen LogP) is 2.04. The van der Waals surface area contributed by atoms with Gasteiger partial charge in [-0.05, 0) is 45.2 Å². The molecule has 1 aliphatic rings. The molecular formula is C15H30N2O2. The molecular weight excluding hydrogens is 240 g/mol. The van der Waals surface area contributed by atoms with Gasteiger partial charge in [-0.25, -0.2) is 0 Å². The topological polar surface area (TPSA) is 41.6 Å². The standard InChI is InChI=1S/C15H30N2O2/c1-5-9-16-13(15(18)19-6-2)11-17-10-7-8-14(17)12(3)4/h12-14,16H,5-11H2,1-4H3. The Balaban J connectivity index is 2.57. The van der Waals surface area contributed by atoms with Crippen molar-refractivity contribution in [2.24, 2.45) is 5.92 Å². The average molecular weight is 270 g/mol. The number of carbonyl (C=O) groups excluding carboxylic acids is 1. The summed E-state index contributed by atoms with van der Waals surface area (Å²) >= 11 is 0. The van der Waals surface area contributed by atoms with E-state index in [1.54, 1.807) is 0 Å². The maximum atomic E-state index is 12.0. The molecule has 0 bridgehead atoms. The van der Waals surface area contributed by atoms with E-state index in [4.69, 9.17) is 4.74 Å². The van der Waals surface area contributed by atoms with Crippen LogP contribution in [-0.4, -0.2) is 49.2 Å². The molecule has 0 aromatic carbocycles. The Hall–Kier alpha value is -0.610. The number of rotatable bonds is 8. The zero-order valence-electron chi connectivity index (χ0n) is 12.9. The maximum Gasteiger partial charge on any atom is 0.324 e. The molecule has 1 aliphatic heterocycles. The zero-order chi connectivity index (χ0) is 14.3. The summed E-state index contributed by atoms with van der Waals surface area (Å²) in [5.41, 5.74) is 0. The van der Waals surface area contributed by atoms with Crippen LogP contribution in [0.25, 0.3) is 0 Å². The molecule has 1 rings (SSSR count). The Morgan fingerprint density at radius 1 is 1.42 bits per heavy atom. The SMILES string of the molecule is CCCNC(CN1CCCC1C(C)C)C(=O)OCC. The molecule has 0 aliphatic carbocycles. The van der Waals surface area contributed by atoms with Crippen LogP contribution in [-0.2, 0) is 9.53 Å². The monoisotopic (exact) mass is 270 g/mol. The molecule has 1 N–H and O–H groups in total. The number of nitrogens with one attached hydrogen (secondary N) is 1. The van der Waals surface area contributed by atoms with Crippen molar-refractivity contribution in [3.63, 3.8) is 0 Å². The lowest BCUT2D eigenvalue weighted by Crippen LogP contribution is -2.49. The number of hydrogen-bond acceptors (Lipinski definition) is 4. The summed E-state index contributed by atoms with van der Waals surface area (Å²) in [6, 6.07) is 0.430. The smallest absolute Gasteiger partial charge is 0.324 e. The minimum Gasteiger partial charge on any atom is -0.465 e. The van der Waals surface area contributed by atoms with E-state index >= 15 is 0 Å². The molecule has 4 nitrogen and oxygen atoms in total. The lowest BCUT2D eigenvalue weighted by atomic mass is 10.0. The van der Waals surface area contributed by atoms with Gasteiger partial charge in [0.15, 0.2) is 0 Å². The van der Waals surface area contributed by atoms with E-state index in [2.05, 4.69) is 31.0 Å². The van der Waals surface area contributed by atoms with Gasteiger partial charge >= 0.3 is 5.97 Å². The van der Waals surface area contributed by atoms with Crippen molar-refractivity contribution < 1.29 is 9.53 Å². The first-order valence-electron chi connectivity index (χ1n) is 7.74. The van der Waals surface area contributed by atoms with E-state index in [1.807, 2.05) is 6.92 Å². The third-order valence-electron chi connectivity index (χ3n) is 3.81. The third kappa shape index (κ3) is 5.11. The molecule has 112 valence electrons. The van der Waals surface area contributed by atoms with Crippen molar-refractivity contribution in [1.82, 2.24) is 10.2 Å². The van der Waals surface area contributed by atoms with Crippen molar-refractivity contribution in [1.29, 1.82) is 0 Å². The van der Waals surface area contributed by atoms with Crippen LogP contribution < -0.4 is 5.32 Å². The molecule has 0 amide bonds. The molecule has 1 heterocycles. The van der Waals surface area contributed by atoms with Crippen LogP contribution in [0.3, 0.4) is 0 Å². The van der Waals surface area contributed by atoms with Gasteiger partial charge in [-0.1, -0.05) is 20.8 Å². The van der Waals surface area contributed by atoms with Crippen LogP contribution in [0.5, 0.6) is 0 Å². The summed E-state index contributed by atoms with van der Waals surface area (Å²) in [7, 11) is 0. The summed E-state index contributed by atoms with van der Waals surface area (Å²) in [5, 5.41) is 3.32. The molecule has 0 aromatic heterocycles. The highest BCUT2D eigenvalue weighted by Crippen LogP contribution is 2.23. The Morgan fingerprint density at radius 3 is 2.74 bits per heavy atom. The molecule has 0 aromatic rings. The van der Waals surface area contributed by atoms with Crippen LogP contribution in [0.2, 0.25) is 0 Å². The highest BCUT2D eigenvalue weighted by Gasteiger charge is 2.31. The second-order valence-corrected chi connectivity index (χ2v) is 5.71. The van der Waals surface area contributed by atoms with Gasteiger partial charge in [-0.2, -0.15) is 0 Å². The second-order valence-electron chi connectivity index (χ2n) is 5.71. The second kappa shape index (κ2) is 8.54. The number of carbonyl (C=O) groups is 1. The fourth-order valence-electron chi connectivity index (χ4n) is 2.85. The highest BCUT2D eigenvalue weighted by molar-refractivity contribution is 5.76. The van der Waals surface area contributed by atoms with Gasteiger partial charge in [0.25, 0.3) is 0 Å². The fourth-order valence-corrected chi connectivity index (χ4v) is 2.85. The van der Waals surface area contributed by atoms with Gasteiger partial charge in [-0.3, -0.25) is 9.69 Å². The van der Waals surface area contributed by atoms with Crippen molar-refractivity contribution in [3.8, 4) is 0 Å². The molecule has 1 saturated heterocycles. The van der Waals surface area contributed by atoms with E-state index in [0.29, 0.717) is 18.6 Å². The molecule has 2 atom stereocenters. The molecule has 0 spiro atoms. The molecule has 19 heavy (non-hydrogen) atoms. The lowest BCUT2D eigenvalue weighted by molar-refractivity contribution is -0.146. The Labute approximate surface area is 117 Å². The minimum absolute atomic E-state index is 0.106. The summed E-state index contributed by atoms with van der Waals surface area (Å²) in [6.07, 6.45) is 3.52. The number of ether oxygens (including phenoxy) is 1. The minimum atomic E-state index is -0.181. The van der Waals surface area contributed by atoms with Crippen LogP contribution in [0.1, 0.15) is 47.0 Å². The van der Waals surface area contributed by atoms with Gasteiger partial charge in [-0.15, -0.1) is 0 Å². The first-order valence-corrected chi connectivity index (χ1v) is 7.74.